The largest absolute Gasteiger partial charge is 0.378 e. The maximum absolute atomic E-state index is 12.7. The lowest BCUT2D eigenvalue weighted by Crippen LogP contribution is -2.23. The molecule has 2 aromatic heterocycles. The Kier molecular flexibility index (Phi) is 5.69. The molecule has 2 heterocycles. The van der Waals surface area contributed by atoms with Crippen molar-refractivity contribution >= 4 is 17.9 Å². The first kappa shape index (κ1) is 20.1. The molecule has 11 nitrogen and oxygen atoms in total. The molecule has 3 N–H and O–H groups in total. The van der Waals surface area contributed by atoms with Gasteiger partial charge in [-0.25, -0.2) is 10.1 Å². The summed E-state index contributed by atoms with van der Waals surface area (Å²) in [6.07, 6.45) is 1.62. The molecule has 0 atom stereocenters. The monoisotopic (exact) mass is 397 g/mol. The van der Waals surface area contributed by atoms with Crippen molar-refractivity contribution in [2.75, 3.05) is 19.8 Å². The number of hydrogen-bond donors (Lipinski definition) is 2. The molecular weight excluding hydrogens is 374 g/mol. The van der Waals surface area contributed by atoms with Gasteiger partial charge in [0.1, 0.15) is 0 Å². The molecule has 0 saturated carbocycles. The third-order valence-corrected chi connectivity index (χ3v) is 4.24. The van der Waals surface area contributed by atoms with Gasteiger partial charge in [0.2, 0.25) is 11.6 Å². The average molecular weight is 397 g/mol. The minimum atomic E-state index is -0.498. The Hall–Kier alpha value is -3.60. The van der Waals surface area contributed by atoms with E-state index in [4.69, 9.17) is 5.73 Å². The fraction of sp³-hybridized carbons (Fsp3) is 0.333. The van der Waals surface area contributed by atoms with Crippen molar-refractivity contribution in [3.8, 4) is 5.82 Å². The molecule has 0 saturated heterocycles. The summed E-state index contributed by atoms with van der Waals surface area (Å²) in [6, 6.07) is 4.13. The smallest absolute Gasteiger partial charge is 0.293 e. The predicted molar refractivity (Wildman–Crippen MR) is 107 cm³/mol. The number of nitrogens with one attached hydrogen (secondary N) is 1. The van der Waals surface area contributed by atoms with Crippen molar-refractivity contribution in [3.63, 3.8) is 0 Å². The molecule has 11 heteroatoms. The summed E-state index contributed by atoms with van der Waals surface area (Å²) in [5.41, 5.74) is 13.1. The molecule has 0 spiro atoms. The highest BCUT2D eigenvalue weighted by atomic mass is 16.6. The Balaban J connectivity index is 1.86. The second kappa shape index (κ2) is 8.19. The quantitative estimate of drug-likeness (QED) is 0.463. The van der Waals surface area contributed by atoms with E-state index in [1.54, 1.807) is 6.21 Å². The Morgan fingerprint density at radius 3 is 2.55 bits per heavy atom. The molecule has 0 unspecified atom stereocenters. The predicted octanol–water partition coefficient (Wildman–Crippen LogP) is 0.983. The second-order valence-electron chi connectivity index (χ2n) is 7.02. The lowest BCUT2D eigenvalue weighted by atomic mass is 10.0. The van der Waals surface area contributed by atoms with Crippen molar-refractivity contribution in [3.05, 3.63) is 45.8 Å². The van der Waals surface area contributed by atoms with E-state index >= 15 is 0 Å². The number of benzene rings is 1. The molecule has 0 aliphatic carbocycles. The standard InChI is InChI=1S/C18H23N9O2/c1-10-6-11(2)13(12(3)7-10)8-20-22-18(28)15-14(9-26(4)5)27(25-21-15)17-16(19)23-29-24-17/h6-8H,9H2,1-5H3,(H2,19,23)(H,22,28)/b20-8+. The van der Waals surface area contributed by atoms with Crippen molar-refractivity contribution in [2.45, 2.75) is 27.3 Å². The Morgan fingerprint density at radius 1 is 1.28 bits per heavy atom. The topological polar surface area (TPSA) is 140 Å². The fourth-order valence-corrected chi connectivity index (χ4v) is 3.03. The van der Waals surface area contributed by atoms with Gasteiger partial charge >= 0.3 is 0 Å². The Bertz CT molecular complexity index is 1040. The summed E-state index contributed by atoms with van der Waals surface area (Å²) in [4.78, 5) is 14.5. The zero-order chi connectivity index (χ0) is 21.1. The number of amides is 1. The van der Waals surface area contributed by atoms with Gasteiger partial charge in [-0.1, -0.05) is 22.9 Å². The average Bonchev–Trinajstić information content (AvgIpc) is 3.22. The van der Waals surface area contributed by atoms with Gasteiger partial charge in [0.05, 0.1) is 11.9 Å². The minimum Gasteiger partial charge on any atom is -0.378 e. The Morgan fingerprint density at radius 2 is 1.97 bits per heavy atom. The zero-order valence-corrected chi connectivity index (χ0v) is 17.0. The van der Waals surface area contributed by atoms with E-state index in [0.29, 0.717) is 12.2 Å². The van der Waals surface area contributed by atoms with Crippen LogP contribution in [0.4, 0.5) is 5.82 Å². The van der Waals surface area contributed by atoms with E-state index < -0.39 is 5.91 Å². The van der Waals surface area contributed by atoms with E-state index in [2.05, 4.69) is 47.9 Å². The van der Waals surface area contributed by atoms with Gasteiger partial charge in [0.25, 0.3) is 5.91 Å². The van der Waals surface area contributed by atoms with Crippen molar-refractivity contribution in [1.82, 2.24) is 35.6 Å². The highest BCUT2D eigenvalue weighted by Gasteiger charge is 2.24. The summed E-state index contributed by atoms with van der Waals surface area (Å²) >= 11 is 0. The first-order chi connectivity index (χ1) is 13.8. The van der Waals surface area contributed by atoms with E-state index in [0.717, 1.165) is 16.7 Å². The number of carbonyl (C=O) groups excluding carboxylic acids is 1. The highest BCUT2D eigenvalue weighted by Crippen LogP contribution is 2.17. The molecule has 0 aliphatic rings. The summed E-state index contributed by atoms with van der Waals surface area (Å²) in [5, 5.41) is 19.3. The van der Waals surface area contributed by atoms with E-state index in [1.165, 1.54) is 10.2 Å². The third kappa shape index (κ3) is 4.29. The number of nitrogens with zero attached hydrogens (tertiary/aromatic N) is 7. The molecule has 3 rings (SSSR count). The number of rotatable bonds is 6. The molecule has 3 aromatic rings. The van der Waals surface area contributed by atoms with E-state index in [1.807, 2.05) is 39.8 Å². The second-order valence-corrected chi connectivity index (χ2v) is 7.02. The summed E-state index contributed by atoms with van der Waals surface area (Å²) in [7, 11) is 3.70. The van der Waals surface area contributed by atoms with Crippen LogP contribution in [0.2, 0.25) is 0 Å². The highest BCUT2D eigenvalue weighted by molar-refractivity contribution is 5.94. The summed E-state index contributed by atoms with van der Waals surface area (Å²) in [6.45, 7) is 6.40. The van der Waals surface area contributed by atoms with Crippen LogP contribution in [0.25, 0.3) is 5.82 Å². The maximum atomic E-state index is 12.7. The van der Waals surface area contributed by atoms with Crippen LogP contribution in [-0.4, -0.2) is 56.4 Å². The van der Waals surface area contributed by atoms with E-state index in [9.17, 15) is 4.79 Å². The van der Waals surface area contributed by atoms with Crippen LogP contribution in [0, 0.1) is 20.8 Å². The van der Waals surface area contributed by atoms with Crippen LogP contribution in [0.15, 0.2) is 21.9 Å². The summed E-state index contributed by atoms with van der Waals surface area (Å²) in [5.74, 6) is -0.283. The van der Waals surface area contributed by atoms with Gasteiger partial charge < -0.3 is 10.6 Å². The SMILES string of the molecule is Cc1cc(C)c(/C=N/NC(=O)c2nnn(-c3nonc3N)c2CN(C)C)c(C)c1. The van der Waals surface area contributed by atoms with Crippen molar-refractivity contribution in [1.29, 1.82) is 0 Å². The molecule has 1 amide bonds. The number of anilines is 1. The van der Waals surface area contributed by atoms with Crippen LogP contribution >= 0.6 is 0 Å². The molecule has 0 aliphatic heterocycles. The van der Waals surface area contributed by atoms with Crippen LogP contribution in [0.3, 0.4) is 0 Å². The number of nitrogens with two attached hydrogens (primary N) is 1. The number of hydrazone groups is 1. The normalized spacial score (nSPS) is 11.5. The van der Waals surface area contributed by atoms with Gasteiger partial charge in [-0.3, -0.25) is 4.79 Å². The van der Waals surface area contributed by atoms with Crippen LogP contribution < -0.4 is 11.2 Å². The maximum Gasteiger partial charge on any atom is 0.293 e. The first-order valence-corrected chi connectivity index (χ1v) is 8.87. The third-order valence-electron chi connectivity index (χ3n) is 4.24. The van der Waals surface area contributed by atoms with Crippen LogP contribution in [0.1, 0.15) is 38.4 Å². The lowest BCUT2D eigenvalue weighted by Gasteiger charge is -2.11. The van der Waals surface area contributed by atoms with Gasteiger partial charge in [0.15, 0.2) is 5.69 Å². The fourth-order valence-electron chi connectivity index (χ4n) is 3.03. The van der Waals surface area contributed by atoms with Crippen LogP contribution in [-0.2, 0) is 6.54 Å². The number of hydrogen-bond acceptors (Lipinski definition) is 9. The molecule has 29 heavy (non-hydrogen) atoms. The van der Waals surface area contributed by atoms with Gasteiger partial charge in [-0.15, -0.1) is 5.10 Å². The van der Waals surface area contributed by atoms with Gasteiger partial charge in [-0.05, 0) is 56.3 Å². The van der Waals surface area contributed by atoms with Crippen LogP contribution in [0.5, 0.6) is 0 Å². The molecule has 0 bridgehead atoms. The van der Waals surface area contributed by atoms with Gasteiger partial charge in [0, 0.05) is 12.1 Å². The first-order valence-electron chi connectivity index (χ1n) is 8.87. The molecular formula is C18H23N9O2. The summed E-state index contributed by atoms with van der Waals surface area (Å²) < 4.78 is 5.95. The van der Waals surface area contributed by atoms with E-state index in [-0.39, 0.29) is 17.3 Å². The van der Waals surface area contributed by atoms with Crippen molar-refractivity contribution < 1.29 is 9.42 Å². The molecule has 152 valence electrons. The number of nitrogen functional groups attached to an aromatic ring is 1. The lowest BCUT2D eigenvalue weighted by molar-refractivity contribution is 0.0948. The van der Waals surface area contributed by atoms with Gasteiger partial charge in [-0.2, -0.15) is 9.78 Å². The molecule has 0 fully saturated rings. The number of aromatic nitrogens is 5. The molecule has 1 aromatic carbocycles. The zero-order valence-electron chi connectivity index (χ0n) is 17.0. The molecule has 0 radical (unpaired) electrons. The number of carbonyl (C=O) groups is 1. The Labute approximate surface area is 167 Å². The van der Waals surface area contributed by atoms with Crippen molar-refractivity contribution in [2.24, 2.45) is 5.10 Å². The minimum absolute atomic E-state index is 0.0465. The number of aryl methyl sites for hydroxylation is 3.